The number of nitrogen functional groups attached to an aromatic ring is 1. The van der Waals surface area contributed by atoms with Crippen LogP contribution in [0.2, 0.25) is 0 Å². The van der Waals surface area contributed by atoms with E-state index in [0.717, 1.165) is 3.57 Å². The molecule has 0 bridgehead atoms. The molecule has 88 valence electrons. The summed E-state index contributed by atoms with van der Waals surface area (Å²) in [5, 5.41) is 6.75. The minimum absolute atomic E-state index is 0.175. The summed E-state index contributed by atoms with van der Waals surface area (Å²) < 4.78 is 2.46. The van der Waals surface area contributed by atoms with Gasteiger partial charge in [-0.05, 0) is 40.8 Å². The zero-order valence-corrected chi connectivity index (χ0v) is 11.3. The Kier molecular flexibility index (Phi) is 3.32. The van der Waals surface area contributed by atoms with Crippen molar-refractivity contribution in [1.29, 1.82) is 0 Å². The Morgan fingerprint density at radius 1 is 1.47 bits per heavy atom. The number of carbonyl (C=O) groups is 1. The SMILES string of the molecule is Cn1nccc1NC(=O)c1ccc(N)c(I)c1. The number of nitrogens with zero attached hydrogens (tertiary/aromatic N) is 2. The highest BCUT2D eigenvalue weighted by Crippen LogP contribution is 2.17. The van der Waals surface area contributed by atoms with Crippen molar-refractivity contribution in [3.8, 4) is 0 Å². The molecule has 0 aliphatic rings. The highest BCUT2D eigenvalue weighted by atomic mass is 127. The van der Waals surface area contributed by atoms with Crippen LogP contribution in [0.15, 0.2) is 30.5 Å². The van der Waals surface area contributed by atoms with Crippen molar-refractivity contribution in [3.63, 3.8) is 0 Å². The van der Waals surface area contributed by atoms with Gasteiger partial charge in [0.05, 0.1) is 6.20 Å². The van der Waals surface area contributed by atoms with Crippen molar-refractivity contribution in [2.75, 3.05) is 11.1 Å². The molecule has 1 aromatic carbocycles. The average Bonchev–Trinajstić information content (AvgIpc) is 2.68. The number of rotatable bonds is 2. The van der Waals surface area contributed by atoms with Gasteiger partial charge in [0.2, 0.25) is 0 Å². The summed E-state index contributed by atoms with van der Waals surface area (Å²) in [5.74, 6) is 0.480. The number of benzene rings is 1. The van der Waals surface area contributed by atoms with Crippen LogP contribution in [0.25, 0.3) is 0 Å². The summed E-state index contributed by atoms with van der Waals surface area (Å²) in [4.78, 5) is 11.9. The van der Waals surface area contributed by atoms with Gasteiger partial charge in [-0.3, -0.25) is 9.48 Å². The Bertz CT molecular complexity index is 564. The first-order valence-corrected chi connectivity index (χ1v) is 6.00. The van der Waals surface area contributed by atoms with Crippen molar-refractivity contribution >= 4 is 40.0 Å². The standard InChI is InChI=1S/C11H11IN4O/c1-16-10(4-5-14-16)15-11(17)7-2-3-9(13)8(12)6-7/h2-6H,13H2,1H3,(H,15,17). The molecule has 3 N–H and O–H groups in total. The summed E-state index contributed by atoms with van der Waals surface area (Å²) in [6.07, 6.45) is 1.63. The molecule has 0 unspecified atom stereocenters. The number of nitrogens with one attached hydrogen (secondary N) is 1. The third-order valence-corrected chi connectivity index (χ3v) is 3.26. The second kappa shape index (κ2) is 4.74. The maximum Gasteiger partial charge on any atom is 0.256 e. The van der Waals surface area contributed by atoms with Crippen LogP contribution in [0.4, 0.5) is 11.5 Å². The van der Waals surface area contributed by atoms with E-state index in [1.54, 1.807) is 42.2 Å². The van der Waals surface area contributed by atoms with Gasteiger partial charge in [0.15, 0.2) is 0 Å². The summed E-state index contributed by atoms with van der Waals surface area (Å²) in [6.45, 7) is 0. The number of hydrogen-bond acceptors (Lipinski definition) is 3. The van der Waals surface area contributed by atoms with Crippen LogP contribution in [0.1, 0.15) is 10.4 Å². The van der Waals surface area contributed by atoms with Crippen LogP contribution < -0.4 is 11.1 Å². The van der Waals surface area contributed by atoms with Gasteiger partial charge >= 0.3 is 0 Å². The maximum atomic E-state index is 11.9. The normalized spacial score (nSPS) is 10.2. The van der Waals surface area contributed by atoms with Crippen LogP contribution in [0.5, 0.6) is 0 Å². The molecule has 0 radical (unpaired) electrons. The van der Waals surface area contributed by atoms with E-state index in [9.17, 15) is 4.79 Å². The summed E-state index contributed by atoms with van der Waals surface area (Å²) >= 11 is 2.10. The molecule has 1 amide bonds. The minimum atomic E-state index is -0.175. The van der Waals surface area contributed by atoms with E-state index in [1.807, 2.05) is 0 Å². The lowest BCUT2D eigenvalue weighted by atomic mass is 10.2. The van der Waals surface area contributed by atoms with Crippen LogP contribution in [-0.2, 0) is 7.05 Å². The third kappa shape index (κ3) is 2.57. The first-order chi connectivity index (χ1) is 8.08. The Labute approximate surface area is 112 Å². The van der Waals surface area contributed by atoms with Crippen LogP contribution >= 0.6 is 22.6 Å². The molecule has 0 aliphatic heterocycles. The van der Waals surface area contributed by atoms with Crippen LogP contribution in [-0.4, -0.2) is 15.7 Å². The summed E-state index contributed by atoms with van der Waals surface area (Å²) in [5.41, 5.74) is 6.94. The zero-order chi connectivity index (χ0) is 12.4. The third-order valence-electron chi connectivity index (χ3n) is 2.33. The first kappa shape index (κ1) is 11.9. The second-order valence-corrected chi connectivity index (χ2v) is 4.69. The molecule has 1 aromatic heterocycles. The lowest BCUT2D eigenvalue weighted by molar-refractivity contribution is 0.102. The molecule has 5 nitrogen and oxygen atoms in total. The van der Waals surface area contributed by atoms with Crippen LogP contribution in [0, 0.1) is 3.57 Å². The van der Waals surface area contributed by atoms with Crippen molar-refractivity contribution in [1.82, 2.24) is 9.78 Å². The van der Waals surface area contributed by atoms with Gasteiger partial charge in [-0.25, -0.2) is 0 Å². The summed E-state index contributed by atoms with van der Waals surface area (Å²) in [7, 11) is 1.77. The number of halogens is 1. The summed E-state index contributed by atoms with van der Waals surface area (Å²) in [6, 6.07) is 6.91. The number of carbonyl (C=O) groups excluding carboxylic acids is 1. The van der Waals surface area contributed by atoms with Gasteiger partial charge in [0.1, 0.15) is 5.82 Å². The van der Waals surface area contributed by atoms with E-state index in [4.69, 9.17) is 5.73 Å². The Morgan fingerprint density at radius 3 is 2.82 bits per heavy atom. The van der Waals surface area contributed by atoms with E-state index >= 15 is 0 Å². The number of hydrogen-bond donors (Lipinski definition) is 2. The van der Waals surface area contributed by atoms with Crippen LogP contribution in [0.3, 0.4) is 0 Å². The van der Waals surface area contributed by atoms with E-state index in [0.29, 0.717) is 17.1 Å². The fraction of sp³-hybridized carbons (Fsp3) is 0.0909. The minimum Gasteiger partial charge on any atom is -0.398 e. The predicted molar refractivity (Wildman–Crippen MR) is 74.7 cm³/mol. The van der Waals surface area contributed by atoms with Crippen molar-refractivity contribution in [2.24, 2.45) is 7.05 Å². The van der Waals surface area contributed by atoms with Crippen molar-refractivity contribution in [2.45, 2.75) is 0 Å². The zero-order valence-electron chi connectivity index (χ0n) is 9.14. The molecule has 2 aromatic rings. The van der Waals surface area contributed by atoms with Gasteiger partial charge in [0, 0.05) is 27.9 Å². The Hall–Kier alpha value is -1.57. The average molecular weight is 342 g/mol. The molecular formula is C11H11IN4O. The van der Waals surface area contributed by atoms with Gasteiger partial charge < -0.3 is 11.1 Å². The van der Waals surface area contributed by atoms with Gasteiger partial charge in [0.25, 0.3) is 5.91 Å². The maximum absolute atomic E-state index is 11.9. The lowest BCUT2D eigenvalue weighted by Gasteiger charge is -2.06. The van der Waals surface area contributed by atoms with E-state index in [2.05, 4.69) is 33.0 Å². The van der Waals surface area contributed by atoms with E-state index in [-0.39, 0.29) is 5.91 Å². The molecule has 6 heteroatoms. The molecule has 0 aliphatic carbocycles. The molecule has 0 atom stereocenters. The topological polar surface area (TPSA) is 72.9 Å². The highest BCUT2D eigenvalue weighted by molar-refractivity contribution is 14.1. The number of anilines is 2. The monoisotopic (exact) mass is 342 g/mol. The smallest absolute Gasteiger partial charge is 0.256 e. The molecule has 1 heterocycles. The fourth-order valence-electron chi connectivity index (χ4n) is 1.35. The number of nitrogens with two attached hydrogens (primary N) is 1. The second-order valence-electron chi connectivity index (χ2n) is 3.53. The molecule has 0 saturated carbocycles. The van der Waals surface area contributed by atoms with Gasteiger partial charge in [-0.15, -0.1) is 0 Å². The number of amides is 1. The van der Waals surface area contributed by atoms with E-state index < -0.39 is 0 Å². The Morgan fingerprint density at radius 2 is 2.24 bits per heavy atom. The molecule has 0 spiro atoms. The number of aryl methyl sites for hydroxylation is 1. The van der Waals surface area contributed by atoms with Gasteiger partial charge in [-0.2, -0.15) is 5.10 Å². The largest absolute Gasteiger partial charge is 0.398 e. The van der Waals surface area contributed by atoms with Gasteiger partial charge in [-0.1, -0.05) is 0 Å². The molecule has 0 fully saturated rings. The molecular weight excluding hydrogens is 331 g/mol. The predicted octanol–water partition coefficient (Wildman–Crippen LogP) is 1.86. The van der Waals surface area contributed by atoms with E-state index in [1.165, 1.54) is 0 Å². The van der Waals surface area contributed by atoms with Crippen molar-refractivity contribution < 1.29 is 4.79 Å². The first-order valence-electron chi connectivity index (χ1n) is 4.92. The highest BCUT2D eigenvalue weighted by Gasteiger charge is 2.09. The molecule has 0 saturated heterocycles. The molecule has 2 rings (SSSR count). The Balaban J connectivity index is 2.20. The van der Waals surface area contributed by atoms with Crippen molar-refractivity contribution in [3.05, 3.63) is 39.6 Å². The fourth-order valence-corrected chi connectivity index (χ4v) is 1.87. The number of aromatic nitrogens is 2. The lowest BCUT2D eigenvalue weighted by Crippen LogP contribution is -2.14. The quantitative estimate of drug-likeness (QED) is 0.646. The molecule has 17 heavy (non-hydrogen) atoms.